The third-order valence-electron chi connectivity index (χ3n) is 7.04. The molecule has 0 unspecified atom stereocenters. The first-order chi connectivity index (χ1) is 19.2. The second-order valence-electron chi connectivity index (χ2n) is 11.1. The monoisotopic (exact) mass is 544 g/mol. The van der Waals surface area contributed by atoms with E-state index >= 15 is 0 Å². The summed E-state index contributed by atoms with van der Waals surface area (Å²) in [6.07, 6.45) is 2.90. The molecule has 210 valence electrons. The summed E-state index contributed by atoms with van der Waals surface area (Å²) in [5.74, 6) is 1.42. The summed E-state index contributed by atoms with van der Waals surface area (Å²) in [6.45, 7) is 6.17. The summed E-state index contributed by atoms with van der Waals surface area (Å²) in [5.41, 5.74) is 3.08. The van der Waals surface area contributed by atoms with Gasteiger partial charge in [-0.1, -0.05) is 54.6 Å². The molecule has 2 heterocycles. The number of nitrogens with zero attached hydrogens (tertiary/aromatic N) is 2. The lowest BCUT2D eigenvalue weighted by molar-refractivity contribution is 0.0377. The zero-order valence-electron chi connectivity index (χ0n) is 23.4. The number of fused-ring (bicyclic) bond motifs is 1. The van der Waals surface area contributed by atoms with Crippen molar-refractivity contribution in [2.75, 3.05) is 25.6 Å². The number of hydrogen-bond donors (Lipinski definition) is 3. The number of rotatable bonds is 9. The Bertz CT molecular complexity index is 1470. The number of aliphatic hydroxyl groups is 1. The van der Waals surface area contributed by atoms with Gasteiger partial charge in [-0.2, -0.15) is 9.97 Å². The number of methoxy groups -OCH3 is 1. The molecule has 0 aliphatic heterocycles. The molecule has 4 aromatic rings. The minimum atomic E-state index is -0.563. The maximum atomic E-state index is 12.6. The van der Waals surface area contributed by atoms with Crippen LogP contribution in [0.25, 0.3) is 33.6 Å². The lowest BCUT2D eigenvalue weighted by Crippen LogP contribution is -2.52. The molecule has 9 heteroatoms. The number of alkyl carbamates (subject to hydrolysis) is 1. The van der Waals surface area contributed by atoms with Crippen molar-refractivity contribution in [3.63, 3.8) is 0 Å². The lowest BCUT2D eigenvalue weighted by Gasteiger charge is -2.43. The molecule has 0 bridgehead atoms. The first-order valence-corrected chi connectivity index (χ1v) is 13.6. The van der Waals surface area contributed by atoms with Crippen molar-refractivity contribution >= 4 is 23.1 Å². The number of carbonyl (C=O) groups excluding carboxylic acids is 1. The standard InChI is InChI=1S/C31H36N4O5/c1-30(2,3)40-29(37)35-31(16-8-17-31)22-14-12-21(13-15-22)25-23(20-10-6-5-7-11-20)24-26(38-4)33-28(32-18-9-19-36)34-27(24)39-25/h5-7,10-15,36H,8-9,16-19H2,1-4H3,(H,35,37)(H,32,33,34). The van der Waals surface area contributed by atoms with Crippen molar-refractivity contribution in [1.29, 1.82) is 0 Å². The molecule has 5 rings (SSSR count). The van der Waals surface area contributed by atoms with Gasteiger partial charge in [-0.15, -0.1) is 0 Å². The van der Waals surface area contributed by atoms with Crippen molar-refractivity contribution in [3.05, 3.63) is 60.2 Å². The fourth-order valence-electron chi connectivity index (χ4n) is 5.01. The average molecular weight is 545 g/mol. The Morgan fingerprint density at radius 1 is 1.05 bits per heavy atom. The topological polar surface area (TPSA) is 119 Å². The van der Waals surface area contributed by atoms with Crippen LogP contribution in [0.3, 0.4) is 0 Å². The molecule has 9 nitrogen and oxygen atoms in total. The van der Waals surface area contributed by atoms with Gasteiger partial charge in [-0.05, 0) is 57.6 Å². The number of hydrogen-bond acceptors (Lipinski definition) is 8. The number of benzene rings is 2. The van der Waals surface area contributed by atoms with E-state index < -0.39 is 17.2 Å². The van der Waals surface area contributed by atoms with Crippen LogP contribution < -0.4 is 15.4 Å². The van der Waals surface area contributed by atoms with Gasteiger partial charge in [-0.3, -0.25) is 0 Å². The van der Waals surface area contributed by atoms with Crippen LogP contribution in [0.4, 0.5) is 10.7 Å². The van der Waals surface area contributed by atoms with Gasteiger partial charge in [0.25, 0.3) is 0 Å². The molecule has 1 aliphatic carbocycles. The Labute approximate surface area is 233 Å². The average Bonchev–Trinajstić information content (AvgIpc) is 3.30. The SMILES string of the molecule is COc1nc(NCCCO)nc2oc(-c3ccc(C4(NC(=O)OC(C)(C)C)CCC4)cc3)c(-c3ccccc3)c12. The van der Waals surface area contributed by atoms with Crippen LogP contribution in [-0.2, 0) is 10.3 Å². The summed E-state index contributed by atoms with van der Waals surface area (Å²) >= 11 is 0. The molecule has 3 N–H and O–H groups in total. The quantitative estimate of drug-likeness (QED) is 0.211. The van der Waals surface area contributed by atoms with Crippen LogP contribution >= 0.6 is 0 Å². The highest BCUT2D eigenvalue weighted by Gasteiger charge is 2.41. The molecular weight excluding hydrogens is 508 g/mol. The number of aliphatic hydroxyl groups excluding tert-OH is 1. The van der Waals surface area contributed by atoms with Crippen molar-refractivity contribution in [1.82, 2.24) is 15.3 Å². The number of ether oxygens (including phenoxy) is 2. The van der Waals surface area contributed by atoms with E-state index in [4.69, 9.17) is 19.0 Å². The van der Waals surface area contributed by atoms with Gasteiger partial charge in [0, 0.05) is 24.3 Å². The molecule has 1 aliphatic rings. The summed E-state index contributed by atoms with van der Waals surface area (Å²) in [4.78, 5) is 21.8. The minimum Gasteiger partial charge on any atom is -0.480 e. The summed E-state index contributed by atoms with van der Waals surface area (Å²) in [5, 5.41) is 16.1. The first-order valence-electron chi connectivity index (χ1n) is 13.6. The zero-order chi connectivity index (χ0) is 28.3. The van der Waals surface area contributed by atoms with Crippen molar-refractivity contribution < 1.29 is 23.8 Å². The molecule has 1 fully saturated rings. The molecule has 1 saturated carbocycles. The number of aromatic nitrogens is 2. The van der Waals surface area contributed by atoms with Crippen molar-refractivity contribution in [2.45, 2.75) is 57.6 Å². The normalized spacial score (nSPS) is 14.4. The minimum absolute atomic E-state index is 0.0695. The maximum absolute atomic E-state index is 12.6. The van der Waals surface area contributed by atoms with Gasteiger partial charge in [0.2, 0.25) is 17.5 Å². The summed E-state index contributed by atoms with van der Waals surface area (Å²) < 4.78 is 17.6. The Morgan fingerprint density at radius 3 is 2.38 bits per heavy atom. The van der Waals surface area contributed by atoms with E-state index in [0.29, 0.717) is 41.7 Å². The third kappa shape index (κ3) is 5.60. The van der Waals surface area contributed by atoms with Gasteiger partial charge < -0.3 is 29.6 Å². The second kappa shape index (κ2) is 11.2. The highest BCUT2D eigenvalue weighted by molar-refractivity contribution is 6.03. The second-order valence-corrected chi connectivity index (χ2v) is 11.1. The van der Waals surface area contributed by atoms with Crippen LogP contribution in [0.5, 0.6) is 5.88 Å². The van der Waals surface area contributed by atoms with Crippen molar-refractivity contribution in [2.24, 2.45) is 0 Å². The Morgan fingerprint density at radius 2 is 1.77 bits per heavy atom. The first kappa shape index (κ1) is 27.5. The molecule has 2 aromatic carbocycles. The molecule has 1 amide bonds. The van der Waals surface area contributed by atoms with Gasteiger partial charge in [-0.25, -0.2) is 4.79 Å². The number of carbonyl (C=O) groups is 1. The summed E-state index contributed by atoms with van der Waals surface area (Å²) in [6, 6.07) is 18.0. The van der Waals surface area contributed by atoms with Gasteiger partial charge >= 0.3 is 6.09 Å². The van der Waals surface area contributed by atoms with Gasteiger partial charge in [0.1, 0.15) is 16.7 Å². The molecular formula is C31H36N4O5. The Balaban J connectivity index is 1.55. The molecule has 0 spiro atoms. The Hall–Kier alpha value is -4.11. The van der Waals surface area contributed by atoms with Crippen LogP contribution in [0.15, 0.2) is 59.0 Å². The zero-order valence-corrected chi connectivity index (χ0v) is 23.4. The number of amides is 1. The van der Waals surface area contributed by atoms with Crippen LogP contribution in [-0.4, -0.2) is 47.0 Å². The highest BCUT2D eigenvalue weighted by Crippen LogP contribution is 2.45. The molecule has 0 saturated heterocycles. The molecule has 0 atom stereocenters. The number of anilines is 1. The third-order valence-corrected chi connectivity index (χ3v) is 7.04. The fraction of sp³-hybridized carbons (Fsp3) is 0.387. The molecule has 0 radical (unpaired) electrons. The van der Waals surface area contributed by atoms with Crippen LogP contribution in [0.1, 0.15) is 52.0 Å². The predicted molar refractivity (Wildman–Crippen MR) is 154 cm³/mol. The van der Waals surface area contributed by atoms with E-state index in [0.717, 1.165) is 41.5 Å². The number of nitrogens with one attached hydrogen (secondary N) is 2. The van der Waals surface area contributed by atoms with E-state index in [1.165, 1.54) is 0 Å². The van der Waals surface area contributed by atoms with E-state index in [9.17, 15) is 4.79 Å². The van der Waals surface area contributed by atoms with E-state index in [2.05, 4.69) is 20.6 Å². The van der Waals surface area contributed by atoms with Gasteiger partial charge in [0.15, 0.2) is 0 Å². The smallest absolute Gasteiger partial charge is 0.408 e. The Kier molecular flexibility index (Phi) is 7.67. The molecule has 40 heavy (non-hydrogen) atoms. The lowest BCUT2D eigenvalue weighted by atomic mass is 9.71. The predicted octanol–water partition coefficient (Wildman–Crippen LogP) is 6.26. The van der Waals surface area contributed by atoms with E-state index in [-0.39, 0.29) is 6.61 Å². The number of furan rings is 1. The van der Waals surface area contributed by atoms with Crippen LogP contribution in [0, 0.1) is 0 Å². The van der Waals surface area contributed by atoms with E-state index in [1.807, 2.05) is 75.4 Å². The van der Waals surface area contributed by atoms with E-state index in [1.54, 1.807) is 7.11 Å². The fourth-order valence-corrected chi connectivity index (χ4v) is 5.01. The highest BCUT2D eigenvalue weighted by atomic mass is 16.6. The van der Waals surface area contributed by atoms with Crippen LogP contribution in [0.2, 0.25) is 0 Å². The molecule has 2 aromatic heterocycles. The summed E-state index contributed by atoms with van der Waals surface area (Å²) in [7, 11) is 1.57. The van der Waals surface area contributed by atoms with Crippen molar-refractivity contribution in [3.8, 4) is 28.3 Å². The maximum Gasteiger partial charge on any atom is 0.408 e. The van der Waals surface area contributed by atoms with Gasteiger partial charge in [0.05, 0.1) is 12.6 Å². The largest absolute Gasteiger partial charge is 0.480 e.